The molecule has 19 heavy (non-hydrogen) atoms. The molecule has 1 aromatic heterocycles. The van der Waals surface area contributed by atoms with Gasteiger partial charge in [0.1, 0.15) is 0 Å². The third-order valence-electron chi connectivity index (χ3n) is 3.12. The molecule has 2 aromatic rings. The van der Waals surface area contributed by atoms with E-state index in [0.29, 0.717) is 6.42 Å². The van der Waals surface area contributed by atoms with Crippen LogP contribution in [-0.4, -0.2) is 41.0 Å². The standard InChI is InChI=1S/C12H14N4O2S/c17-19(18)8-5-11(9-19)15-10-1-3-12(4-2-10)16-13-6-7-14-16/h1-4,6-7,11,15H,5,8-9H2. The monoisotopic (exact) mass is 278 g/mol. The molecule has 1 atom stereocenters. The number of nitrogens with zero attached hydrogens (tertiary/aromatic N) is 3. The molecule has 1 saturated heterocycles. The summed E-state index contributed by atoms with van der Waals surface area (Å²) in [7, 11) is -2.85. The first-order chi connectivity index (χ1) is 9.12. The molecule has 1 aliphatic heterocycles. The predicted molar refractivity (Wildman–Crippen MR) is 72.0 cm³/mol. The quantitative estimate of drug-likeness (QED) is 0.901. The number of anilines is 1. The molecule has 1 N–H and O–H groups in total. The van der Waals surface area contributed by atoms with Gasteiger partial charge in [-0.2, -0.15) is 15.0 Å². The van der Waals surface area contributed by atoms with E-state index in [4.69, 9.17) is 0 Å². The van der Waals surface area contributed by atoms with E-state index < -0.39 is 9.84 Å². The van der Waals surface area contributed by atoms with Gasteiger partial charge in [0.15, 0.2) is 9.84 Å². The zero-order valence-electron chi connectivity index (χ0n) is 10.2. The number of aromatic nitrogens is 3. The lowest BCUT2D eigenvalue weighted by molar-refractivity contribution is 0.602. The van der Waals surface area contributed by atoms with Crippen molar-refractivity contribution in [3.8, 4) is 5.69 Å². The molecule has 1 aliphatic rings. The van der Waals surface area contributed by atoms with Gasteiger partial charge in [0.2, 0.25) is 0 Å². The van der Waals surface area contributed by atoms with E-state index in [1.54, 1.807) is 12.4 Å². The van der Waals surface area contributed by atoms with Crippen molar-refractivity contribution in [3.63, 3.8) is 0 Å². The first kappa shape index (κ1) is 12.2. The van der Waals surface area contributed by atoms with Gasteiger partial charge in [0, 0.05) is 11.7 Å². The SMILES string of the molecule is O=S1(=O)CCC(Nc2ccc(-n3nccn3)cc2)C1. The average molecular weight is 278 g/mol. The van der Waals surface area contributed by atoms with Gasteiger partial charge < -0.3 is 5.32 Å². The molecule has 0 amide bonds. The van der Waals surface area contributed by atoms with Crippen LogP contribution in [0.15, 0.2) is 36.7 Å². The Balaban J connectivity index is 1.70. The smallest absolute Gasteiger partial charge is 0.152 e. The molecular weight excluding hydrogens is 264 g/mol. The Bertz CT molecular complexity index is 650. The van der Waals surface area contributed by atoms with Crippen LogP contribution in [0, 0.1) is 0 Å². The van der Waals surface area contributed by atoms with Crippen molar-refractivity contribution in [1.82, 2.24) is 15.0 Å². The van der Waals surface area contributed by atoms with Crippen LogP contribution < -0.4 is 5.32 Å². The number of hydrogen-bond donors (Lipinski definition) is 1. The summed E-state index contributed by atoms with van der Waals surface area (Å²) in [4.78, 5) is 1.53. The van der Waals surface area contributed by atoms with Crippen molar-refractivity contribution < 1.29 is 8.42 Å². The normalized spacial score (nSPS) is 21.4. The summed E-state index contributed by atoms with van der Waals surface area (Å²) in [6.45, 7) is 0. The minimum absolute atomic E-state index is 0.0127. The van der Waals surface area contributed by atoms with Gasteiger partial charge in [-0.1, -0.05) is 0 Å². The Labute approximate surface area is 111 Å². The molecule has 6 nitrogen and oxygen atoms in total. The van der Waals surface area contributed by atoms with E-state index in [9.17, 15) is 8.42 Å². The van der Waals surface area contributed by atoms with Gasteiger partial charge in [0.25, 0.3) is 0 Å². The van der Waals surface area contributed by atoms with Gasteiger partial charge in [-0.3, -0.25) is 0 Å². The van der Waals surface area contributed by atoms with Crippen LogP contribution in [0.3, 0.4) is 0 Å². The minimum atomic E-state index is -2.85. The fourth-order valence-electron chi connectivity index (χ4n) is 2.18. The molecule has 1 fully saturated rings. The molecule has 7 heteroatoms. The maximum atomic E-state index is 11.4. The molecule has 1 unspecified atom stereocenters. The Hall–Kier alpha value is -1.89. The second-order valence-corrected chi connectivity index (χ2v) is 6.84. The van der Waals surface area contributed by atoms with Crippen molar-refractivity contribution in [1.29, 1.82) is 0 Å². The van der Waals surface area contributed by atoms with Crippen LogP contribution in [0.2, 0.25) is 0 Å². The molecular formula is C12H14N4O2S. The Kier molecular flexibility index (Phi) is 2.98. The molecule has 3 rings (SSSR count). The number of nitrogens with one attached hydrogen (secondary N) is 1. The number of rotatable bonds is 3. The summed E-state index contributed by atoms with van der Waals surface area (Å²) >= 11 is 0. The fourth-order valence-corrected chi connectivity index (χ4v) is 3.86. The van der Waals surface area contributed by atoms with Crippen LogP contribution in [0.1, 0.15) is 6.42 Å². The zero-order valence-corrected chi connectivity index (χ0v) is 11.0. The average Bonchev–Trinajstić information content (AvgIpc) is 3.00. The summed E-state index contributed by atoms with van der Waals surface area (Å²) in [5, 5.41) is 11.3. The molecule has 1 aromatic carbocycles. The lowest BCUT2D eigenvalue weighted by atomic mass is 10.2. The van der Waals surface area contributed by atoms with Crippen molar-refractivity contribution in [3.05, 3.63) is 36.7 Å². The Morgan fingerprint density at radius 3 is 2.42 bits per heavy atom. The molecule has 0 saturated carbocycles. The molecule has 0 bridgehead atoms. The number of sulfone groups is 1. The predicted octanol–water partition coefficient (Wildman–Crippen LogP) is 0.866. The lowest BCUT2D eigenvalue weighted by Gasteiger charge is -2.12. The van der Waals surface area contributed by atoms with Gasteiger partial charge in [-0.15, -0.1) is 0 Å². The van der Waals surface area contributed by atoms with E-state index >= 15 is 0 Å². The van der Waals surface area contributed by atoms with Crippen LogP contribution >= 0.6 is 0 Å². The van der Waals surface area contributed by atoms with Crippen LogP contribution in [0.4, 0.5) is 5.69 Å². The third kappa shape index (κ3) is 2.76. The van der Waals surface area contributed by atoms with Gasteiger partial charge in [0.05, 0.1) is 29.6 Å². The highest BCUT2D eigenvalue weighted by Crippen LogP contribution is 2.18. The van der Waals surface area contributed by atoms with Gasteiger partial charge >= 0.3 is 0 Å². The first-order valence-corrected chi connectivity index (χ1v) is 7.88. The highest BCUT2D eigenvalue weighted by Gasteiger charge is 2.27. The number of benzene rings is 1. The lowest BCUT2D eigenvalue weighted by Crippen LogP contribution is -2.20. The summed E-state index contributed by atoms with van der Waals surface area (Å²) in [5.41, 5.74) is 1.78. The summed E-state index contributed by atoms with van der Waals surface area (Å²) in [6.07, 6.45) is 3.91. The van der Waals surface area contributed by atoms with Crippen molar-refractivity contribution in [2.45, 2.75) is 12.5 Å². The Morgan fingerprint density at radius 2 is 1.84 bits per heavy atom. The number of hydrogen-bond acceptors (Lipinski definition) is 5. The van der Waals surface area contributed by atoms with E-state index in [2.05, 4.69) is 15.5 Å². The van der Waals surface area contributed by atoms with Crippen molar-refractivity contribution >= 4 is 15.5 Å². The van der Waals surface area contributed by atoms with Gasteiger partial charge in [-0.25, -0.2) is 8.42 Å². The Morgan fingerprint density at radius 1 is 1.16 bits per heavy atom. The van der Waals surface area contributed by atoms with E-state index in [0.717, 1.165) is 11.4 Å². The minimum Gasteiger partial charge on any atom is -0.381 e. The van der Waals surface area contributed by atoms with E-state index in [-0.39, 0.29) is 17.5 Å². The van der Waals surface area contributed by atoms with Crippen molar-refractivity contribution in [2.75, 3.05) is 16.8 Å². The molecule has 2 heterocycles. The summed E-state index contributed by atoms with van der Waals surface area (Å²) in [5.74, 6) is 0.495. The largest absolute Gasteiger partial charge is 0.381 e. The van der Waals surface area contributed by atoms with Crippen LogP contribution in [0.25, 0.3) is 5.69 Å². The highest BCUT2D eigenvalue weighted by molar-refractivity contribution is 7.91. The second kappa shape index (κ2) is 4.65. The molecule has 0 spiro atoms. The van der Waals surface area contributed by atoms with E-state index in [1.165, 1.54) is 4.80 Å². The topological polar surface area (TPSA) is 76.9 Å². The summed E-state index contributed by atoms with van der Waals surface area (Å²) < 4.78 is 22.8. The zero-order chi connectivity index (χ0) is 13.3. The molecule has 0 radical (unpaired) electrons. The third-order valence-corrected chi connectivity index (χ3v) is 4.89. The van der Waals surface area contributed by atoms with Gasteiger partial charge in [-0.05, 0) is 30.7 Å². The second-order valence-electron chi connectivity index (χ2n) is 4.61. The van der Waals surface area contributed by atoms with E-state index in [1.807, 2.05) is 24.3 Å². The van der Waals surface area contributed by atoms with Crippen molar-refractivity contribution in [2.24, 2.45) is 0 Å². The summed E-state index contributed by atoms with van der Waals surface area (Å²) in [6, 6.07) is 7.61. The maximum absolute atomic E-state index is 11.4. The first-order valence-electron chi connectivity index (χ1n) is 6.06. The fraction of sp³-hybridized carbons (Fsp3) is 0.333. The highest BCUT2D eigenvalue weighted by atomic mass is 32.2. The van der Waals surface area contributed by atoms with Crippen LogP contribution in [-0.2, 0) is 9.84 Å². The molecule has 0 aliphatic carbocycles. The molecule has 100 valence electrons. The van der Waals surface area contributed by atoms with Crippen LogP contribution in [0.5, 0.6) is 0 Å². The maximum Gasteiger partial charge on any atom is 0.152 e.